The lowest BCUT2D eigenvalue weighted by molar-refractivity contribution is -0.151. The summed E-state index contributed by atoms with van der Waals surface area (Å²) in [7, 11) is 1.42. The van der Waals surface area contributed by atoms with Crippen LogP contribution in [0.15, 0.2) is 0 Å². The molecule has 0 heterocycles. The zero-order valence-corrected chi connectivity index (χ0v) is 6.61. The zero-order chi connectivity index (χ0) is 8.25. The van der Waals surface area contributed by atoms with E-state index in [1.54, 1.807) is 0 Å². The molecule has 0 N–H and O–H groups in total. The molecule has 3 heteroatoms. The number of ether oxygens (including phenoxy) is 1. The Kier molecular flexibility index (Phi) is 0.549. The molecule has 2 bridgehead atoms. The molecule has 5 aliphatic carbocycles. The van der Waals surface area contributed by atoms with Crippen LogP contribution < -0.4 is 0 Å². The van der Waals surface area contributed by atoms with Crippen LogP contribution in [0.5, 0.6) is 0 Å². The van der Waals surface area contributed by atoms with Crippen LogP contribution in [-0.4, -0.2) is 18.9 Å². The number of carbonyl (C=O) groups excluding carboxylic acids is 2. The fourth-order valence-electron chi connectivity index (χ4n) is 4.25. The van der Waals surface area contributed by atoms with Crippen molar-refractivity contribution in [3.63, 3.8) is 0 Å². The van der Waals surface area contributed by atoms with E-state index in [1.807, 2.05) is 0 Å². The van der Waals surface area contributed by atoms with E-state index in [4.69, 9.17) is 4.74 Å². The van der Waals surface area contributed by atoms with Crippen LogP contribution in [0.2, 0.25) is 0 Å². The summed E-state index contributed by atoms with van der Waals surface area (Å²) in [6.45, 7) is 0. The molecule has 0 radical (unpaired) electrons. The van der Waals surface area contributed by atoms with E-state index < -0.39 is 0 Å². The number of esters is 1. The van der Waals surface area contributed by atoms with Gasteiger partial charge in [-0.25, -0.2) is 0 Å². The van der Waals surface area contributed by atoms with E-state index in [0.717, 1.165) is 0 Å². The molecule has 0 aliphatic heterocycles. The number of Topliss-reactive ketones (excluding diaryl/α,β-unsaturated/α-hetero) is 1. The first kappa shape index (κ1) is 5.73. The number of methoxy groups -OCH3 is 1. The Balaban J connectivity index is 1.85. The largest absolute Gasteiger partial charge is 0.469 e. The maximum atomic E-state index is 11.4. The highest BCUT2D eigenvalue weighted by molar-refractivity contribution is 6.09. The first-order valence-electron chi connectivity index (χ1n) is 4.38. The third kappa shape index (κ3) is 0.251. The van der Waals surface area contributed by atoms with Gasteiger partial charge in [0.1, 0.15) is 5.78 Å². The molecule has 0 aromatic rings. The van der Waals surface area contributed by atoms with Gasteiger partial charge in [0.2, 0.25) is 0 Å². The predicted molar refractivity (Wildman–Crippen MR) is 36.9 cm³/mol. The molecular weight excluding hydrogens is 156 g/mol. The molecule has 6 atom stereocenters. The van der Waals surface area contributed by atoms with Gasteiger partial charge in [0, 0.05) is 11.8 Å². The van der Waals surface area contributed by atoms with E-state index >= 15 is 0 Å². The van der Waals surface area contributed by atoms with Crippen molar-refractivity contribution in [2.45, 2.75) is 0 Å². The molecule has 5 aliphatic rings. The number of carbonyl (C=O) groups is 2. The summed E-state index contributed by atoms with van der Waals surface area (Å²) in [5.74, 6) is 2.03. The standard InChI is InChI=1S/C9H8O3/c1-12-8(11)9-4-2-3(4)7(10)6(9)5(2)9/h2-6H,1H3. The minimum absolute atomic E-state index is 0.0879. The second-order valence-electron chi connectivity index (χ2n) is 4.46. The lowest BCUT2D eigenvalue weighted by atomic mass is 9.84. The van der Waals surface area contributed by atoms with Gasteiger partial charge in [-0.2, -0.15) is 0 Å². The van der Waals surface area contributed by atoms with Gasteiger partial charge in [0.05, 0.1) is 12.5 Å². The topological polar surface area (TPSA) is 43.4 Å². The van der Waals surface area contributed by atoms with Crippen LogP contribution in [0.3, 0.4) is 0 Å². The monoisotopic (exact) mass is 164 g/mol. The fraction of sp³-hybridized carbons (Fsp3) is 0.778. The van der Waals surface area contributed by atoms with Crippen molar-refractivity contribution in [3.8, 4) is 0 Å². The summed E-state index contributed by atoms with van der Waals surface area (Å²) < 4.78 is 4.75. The van der Waals surface area contributed by atoms with E-state index in [0.29, 0.717) is 23.5 Å². The molecule has 0 aromatic carbocycles. The van der Waals surface area contributed by atoms with E-state index in [2.05, 4.69) is 0 Å². The first-order chi connectivity index (χ1) is 5.76. The number of rotatable bonds is 1. The molecular formula is C9H8O3. The first-order valence-corrected chi connectivity index (χ1v) is 4.38. The van der Waals surface area contributed by atoms with E-state index in [1.165, 1.54) is 7.11 Å². The van der Waals surface area contributed by atoms with E-state index in [9.17, 15) is 9.59 Å². The van der Waals surface area contributed by atoms with Crippen molar-refractivity contribution in [1.29, 1.82) is 0 Å². The molecule has 5 fully saturated rings. The Morgan fingerprint density at radius 1 is 1.50 bits per heavy atom. The van der Waals surface area contributed by atoms with Crippen molar-refractivity contribution in [2.24, 2.45) is 35.0 Å². The molecule has 6 unspecified atom stereocenters. The van der Waals surface area contributed by atoms with E-state index in [-0.39, 0.29) is 23.2 Å². The van der Waals surface area contributed by atoms with Gasteiger partial charge >= 0.3 is 5.97 Å². The number of hydrogen-bond donors (Lipinski definition) is 0. The third-order valence-electron chi connectivity index (χ3n) is 4.53. The highest BCUT2D eigenvalue weighted by Gasteiger charge is 3.03. The van der Waals surface area contributed by atoms with Gasteiger partial charge in [-0.15, -0.1) is 0 Å². The summed E-state index contributed by atoms with van der Waals surface area (Å²) in [5, 5.41) is 0. The van der Waals surface area contributed by atoms with Crippen molar-refractivity contribution in [3.05, 3.63) is 0 Å². The van der Waals surface area contributed by atoms with Crippen LogP contribution in [0, 0.1) is 35.0 Å². The Labute approximate surface area is 69.1 Å². The molecule has 5 rings (SSSR count). The van der Waals surface area contributed by atoms with Crippen molar-refractivity contribution < 1.29 is 14.3 Å². The Morgan fingerprint density at radius 3 is 2.58 bits per heavy atom. The van der Waals surface area contributed by atoms with Gasteiger partial charge in [-0.05, 0) is 17.8 Å². The highest BCUT2D eigenvalue weighted by Crippen LogP contribution is 2.97. The third-order valence-corrected chi connectivity index (χ3v) is 4.53. The summed E-state index contributed by atoms with van der Waals surface area (Å²) in [4.78, 5) is 22.8. The van der Waals surface area contributed by atoms with Crippen LogP contribution in [-0.2, 0) is 14.3 Å². The lowest BCUT2D eigenvalue weighted by Gasteiger charge is -2.20. The molecule has 12 heavy (non-hydrogen) atoms. The lowest BCUT2D eigenvalue weighted by Crippen LogP contribution is -2.30. The average Bonchev–Trinajstić information content (AvgIpc) is 2.78. The van der Waals surface area contributed by atoms with Gasteiger partial charge < -0.3 is 4.74 Å². The van der Waals surface area contributed by atoms with Gasteiger partial charge in [0.25, 0.3) is 0 Å². The van der Waals surface area contributed by atoms with Crippen LogP contribution in [0.1, 0.15) is 0 Å². The van der Waals surface area contributed by atoms with Gasteiger partial charge in [-0.1, -0.05) is 0 Å². The second-order valence-corrected chi connectivity index (χ2v) is 4.46. The smallest absolute Gasteiger partial charge is 0.313 e. The van der Waals surface area contributed by atoms with Crippen LogP contribution >= 0.6 is 0 Å². The van der Waals surface area contributed by atoms with Gasteiger partial charge in [0.15, 0.2) is 0 Å². The number of hydrogen-bond acceptors (Lipinski definition) is 3. The number of ketones is 1. The van der Waals surface area contributed by atoms with Crippen molar-refractivity contribution >= 4 is 11.8 Å². The Morgan fingerprint density at radius 2 is 2.25 bits per heavy atom. The molecule has 0 aromatic heterocycles. The normalized spacial score (nSPS) is 66.8. The Bertz CT molecular complexity index is 340. The summed E-state index contributed by atoms with van der Waals surface area (Å²) in [6.07, 6.45) is 0. The highest BCUT2D eigenvalue weighted by atomic mass is 16.5. The molecule has 62 valence electrons. The summed E-state index contributed by atoms with van der Waals surface area (Å²) >= 11 is 0. The molecule has 0 saturated heterocycles. The maximum absolute atomic E-state index is 11.4. The van der Waals surface area contributed by atoms with Crippen molar-refractivity contribution in [1.82, 2.24) is 0 Å². The molecule has 5 saturated carbocycles. The molecule has 0 spiro atoms. The summed E-state index contributed by atoms with van der Waals surface area (Å²) in [6, 6.07) is 0. The maximum Gasteiger partial charge on any atom is 0.313 e. The van der Waals surface area contributed by atoms with Crippen LogP contribution in [0.4, 0.5) is 0 Å². The quantitative estimate of drug-likeness (QED) is 0.506. The molecule has 0 amide bonds. The average molecular weight is 164 g/mol. The minimum atomic E-state index is -0.277. The van der Waals surface area contributed by atoms with Gasteiger partial charge in [-0.3, -0.25) is 9.59 Å². The molecule has 3 nitrogen and oxygen atoms in total. The van der Waals surface area contributed by atoms with Crippen LogP contribution in [0.25, 0.3) is 0 Å². The van der Waals surface area contributed by atoms with Crippen molar-refractivity contribution in [2.75, 3.05) is 7.11 Å². The fourth-order valence-corrected chi connectivity index (χ4v) is 4.25. The Hall–Kier alpha value is -0.860. The predicted octanol–water partition coefficient (Wildman–Crippen LogP) is -0.150. The summed E-state index contributed by atoms with van der Waals surface area (Å²) in [5.41, 5.74) is -0.277. The second kappa shape index (κ2) is 1.15. The minimum Gasteiger partial charge on any atom is -0.469 e. The SMILES string of the molecule is COC(=O)C12C3C(=O)C4C(C41)C32. The zero-order valence-electron chi connectivity index (χ0n) is 6.61.